The summed E-state index contributed by atoms with van der Waals surface area (Å²) in [5, 5.41) is 0. The van der Waals surface area contributed by atoms with E-state index in [4.69, 9.17) is 12.3 Å². The largest absolute Gasteiger partial charge is 0.346 e. The van der Waals surface area contributed by atoms with Gasteiger partial charge in [0, 0.05) is 33.3 Å². The first-order chi connectivity index (χ1) is 10.6. The molecule has 7 heteroatoms. The first-order valence-corrected chi connectivity index (χ1v) is 3.68. The van der Waals surface area contributed by atoms with Crippen LogP contribution in [-0.2, 0) is 4.79 Å². The summed E-state index contributed by atoms with van der Waals surface area (Å²) in [7, 11) is 0. The molecule has 0 N–H and O–H groups in total. The van der Waals surface area contributed by atoms with Crippen molar-refractivity contribution in [1.82, 2.24) is 14.7 Å². The molecule has 7 nitrogen and oxygen atoms in total. The molecule has 0 aromatic rings. The van der Waals surface area contributed by atoms with E-state index in [1.807, 2.05) is 0 Å². The van der Waals surface area contributed by atoms with Gasteiger partial charge in [-0.25, -0.2) is 9.59 Å². The van der Waals surface area contributed by atoms with Crippen LogP contribution < -0.4 is 0 Å². The Kier molecular flexibility index (Phi) is 0.665. The smallest absolute Gasteiger partial charge is 0.307 e. The third-order valence-corrected chi connectivity index (χ3v) is 1.99. The van der Waals surface area contributed by atoms with Crippen LogP contribution in [0.15, 0.2) is 4.99 Å². The van der Waals surface area contributed by atoms with E-state index in [1.165, 1.54) is 0 Å². The Hall–Kier alpha value is -1.92. The zero-order chi connectivity index (χ0) is 18.8. The lowest BCUT2D eigenvalue weighted by Crippen LogP contribution is -2.61. The van der Waals surface area contributed by atoms with E-state index < -0.39 is 50.8 Å². The van der Waals surface area contributed by atoms with Crippen molar-refractivity contribution >= 4 is 23.8 Å². The number of imide groups is 1. The van der Waals surface area contributed by atoms with Crippen LogP contribution in [0, 0.1) is 0 Å². The maximum atomic E-state index is 12.3. The third kappa shape index (κ3) is 1.06. The number of amidine groups is 1. The highest BCUT2D eigenvalue weighted by Gasteiger charge is 2.48. The van der Waals surface area contributed by atoms with Gasteiger partial charge in [0.15, 0.2) is 11.9 Å². The van der Waals surface area contributed by atoms with Gasteiger partial charge in [-0.1, -0.05) is 0 Å². The summed E-state index contributed by atoms with van der Waals surface area (Å²) in [6.07, 6.45) is 0. The molecule has 0 aromatic carbocycles. The molecule has 1 saturated heterocycles. The second kappa shape index (κ2) is 2.78. The number of nitrogens with zero attached hydrogens (tertiary/aromatic N) is 4. The van der Waals surface area contributed by atoms with E-state index in [0.29, 0.717) is 0 Å². The van der Waals surface area contributed by atoms with E-state index in [1.54, 1.807) is 0 Å². The van der Waals surface area contributed by atoms with Crippen molar-refractivity contribution < 1.29 is 26.7 Å². The Bertz CT molecular complexity index is 649. The number of hydrogen-bond donors (Lipinski definition) is 0. The van der Waals surface area contributed by atoms with Gasteiger partial charge in [-0.15, -0.1) is 0 Å². The maximum absolute atomic E-state index is 12.3. The number of amides is 5. The number of aliphatic imine (C=N–C) groups is 1. The SMILES string of the molecule is [2H]C([2H])([2H])N1C(=O)C2C(=NC(=O)N2C([2H])([2H])[2H])N(C([2H])([2H])[2H])C1=O. The number of urea groups is 2. The highest BCUT2D eigenvalue weighted by atomic mass is 16.2. The molecule has 2 aliphatic heterocycles. The fourth-order valence-electron chi connectivity index (χ4n) is 1.25. The van der Waals surface area contributed by atoms with Gasteiger partial charge in [-0.3, -0.25) is 14.6 Å². The number of carbonyl (C=O) groups excluding carboxylic acids is 3. The van der Waals surface area contributed by atoms with Crippen LogP contribution in [0.2, 0.25) is 0 Å². The molecule has 1 fully saturated rings. The average Bonchev–Trinajstić information content (AvgIpc) is 2.61. The molecule has 80 valence electrons. The molecule has 0 saturated carbocycles. The average molecular weight is 219 g/mol. The maximum Gasteiger partial charge on any atom is 0.346 e. The summed E-state index contributed by atoms with van der Waals surface area (Å²) in [6, 6.07) is -5.36. The van der Waals surface area contributed by atoms with Gasteiger partial charge >= 0.3 is 12.1 Å². The molecule has 2 heterocycles. The topological polar surface area (TPSA) is 73.3 Å². The summed E-state index contributed by atoms with van der Waals surface area (Å²) in [5.41, 5.74) is 0. The van der Waals surface area contributed by atoms with Gasteiger partial charge in [0.25, 0.3) is 5.91 Å². The Morgan fingerprint density at radius 3 is 2.53 bits per heavy atom. The summed E-state index contributed by atoms with van der Waals surface area (Å²) < 4.78 is 65.5. The van der Waals surface area contributed by atoms with Gasteiger partial charge in [0.05, 0.1) is 0 Å². The van der Waals surface area contributed by atoms with Crippen molar-refractivity contribution in [3.8, 4) is 0 Å². The molecular weight excluding hydrogens is 200 g/mol. The monoisotopic (exact) mass is 219 g/mol. The summed E-state index contributed by atoms with van der Waals surface area (Å²) in [6.45, 7) is -9.87. The minimum absolute atomic E-state index is 0.0331. The van der Waals surface area contributed by atoms with Crippen LogP contribution in [0.25, 0.3) is 0 Å². The molecule has 0 aliphatic carbocycles. The standard InChI is InChI=1S/C8H10N4O3/c1-10-4-5(9-7(10)14)11(2)8(15)12(3)6(4)13/h4H,1-3H3/i1D3,2D3,3D3. The molecule has 0 aromatic heterocycles. The van der Waals surface area contributed by atoms with Gasteiger partial charge in [0.1, 0.15) is 0 Å². The number of carbonyl (C=O) groups is 3. The fraction of sp³-hybridized carbons (Fsp3) is 0.500. The number of likely N-dealkylation sites (N-methyl/N-ethyl adjacent to an activating group) is 3. The summed E-state index contributed by atoms with van der Waals surface area (Å²) >= 11 is 0. The predicted octanol–water partition coefficient (Wildman–Crippen LogP) is -0.657. The molecule has 5 amide bonds. The molecule has 15 heavy (non-hydrogen) atoms. The Balaban J connectivity index is 2.67. The minimum atomic E-state index is -3.38. The van der Waals surface area contributed by atoms with E-state index in [9.17, 15) is 14.4 Å². The van der Waals surface area contributed by atoms with Crippen LogP contribution in [0.4, 0.5) is 9.59 Å². The van der Waals surface area contributed by atoms with Crippen LogP contribution in [0.1, 0.15) is 12.3 Å². The Labute approximate surface area is 98.6 Å². The molecule has 0 bridgehead atoms. The van der Waals surface area contributed by atoms with Crippen molar-refractivity contribution in [3.63, 3.8) is 0 Å². The molecule has 0 spiro atoms. The first-order valence-electron chi connectivity index (χ1n) is 8.18. The van der Waals surface area contributed by atoms with Crippen LogP contribution in [0.3, 0.4) is 0 Å². The van der Waals surface area contributed by atoms with Gasteiger partial charge in [-0.05, 0) is 0 Å². The summed E-state index contributed by atoms with van der Waals surface area (Å²) in [5.74, 6) is -2.51. The fourth-order valence-corrected chi connectivity index (χ4v) is 1.25. The predicted molar refractivity (Wildman–Crippen MR) is 50.3 cm³/mol. The molecule has 1 unspecified atom stereocenters. The summed E-state index contributed by atoms with van der Waals surface area (Å²) in [4.78, 5) is 39.0. The number of rotatable bonds is 0. The normalized spacial score (nSPS) is 37.5. The van der Waals surface area contributed by atoms with Gasteiger partial charge in [0.2, 0.25) is 0 Å². The molecule has 0 radical (unpaired) electrons. The van der Waals surface area contributed by atoms with Crippen LogP contribution in [0.5, 0.6) is 0 Å². The zero-order valence-electron chi connectivity index (χ0n) is 16.1. The Morgan fingerprint density at radius 1 is 1.20 bits per heavy atom. The first kappa shape index (κ1) is 3.58. The van der Waals surface area contributed by atoms with Crippen molar-refractivity contribution in [3.05, 3.63) is 0 Å². The number of hydrogen-bond acceptors (Lipinski definition) is 3. The van der Waals surface area contributed by atoms with Gasteiger partial charge < -0.3 is 4.90 Å². The molecular formula is C8H10N4O3. The van der Waals surface area contributed by atoms with Crippen molar-refractivity contribution in [2.24, 2.45) is 4.99 Å². The van der Waals surface area contributed by atoms with E-state index >= 15 is 0 Å². The molecule has 2 rings (SSSR count). The van der Waals surface area contributed by atoms with Crippen LogP contribution in [-0.4, -0.2) is 65.5 Å². The highest BCUT2D eigenvalue weighted by molar-refractivity contribution is 6.25. The lowest BCUT2D eigenvalue weighted by atomic mass is 10.2. The van der Waals surface area contributed by atoms with E-state index in [0.717, 1.165) is 0 Å². The van der Waals surface area contributed by atoms with Crippen LogP contribution >= 0.6 is 0 Å². The highest BCUT2D eigenvalue weighted by Crippen LogP contribution is 2.20. The zero-order valence-corrected chi connectivity index (χ0v) is 7.09. The van der Waals surface area contributed by atoms with Crippen molar-refractivity contribution in [2.75, 3.05) is 20.9 Å². The van der Waals surface area contributed by atoms with E-state index in [2.05, 4.69) is 4.99 Å². The quantitative estimate of drug-likeness (QED) is 0.543. The second-order valence-electron chi connectivity index (χ2n) is 2.82. The third-order valence-electron chi connectivity index (χ3n) is 1.99. The number of fused-ring (bicyclic) bond motifs is 1. The lowest BCUT2D eigenvalue weighted by molar-refractivity contribution is -0.130. The molecule has 1 atom stereocenters. The van der Waals surface area contributed by atoms with Crippen molar-refractivity contribution in [1.29, 1.82) is 0 Å². The van der Waals surface area contributed by atoms with Gasteiger partial charge in [-0.2, -0.15) is 4.99 Å². The van der Waals surface area contributed by atoms with Crippen molar-refractivity contribution in [2.45, 2.75) is 6.04 Å². The molecule has 2 aliphatic rings. The minimum Gasteiger partial charge on any atom is -0.307 e. The Morgan fingerprint density at radius 2 is 1.93 bits per heavy atom. The second-order valence-corrected chi connectivity index (χ2v) is 2.82. The van der Waals surface area contributed by atoms with E-state index in [-0.39, 0.29) is 14.7 Å². The lowest BCUT2D eigenvalue weighted by Gasteiger charge is -2.34.